The van der Waals surface area contributed by atoms with E-state index in [-0.39, 0.29) is 28.9 Å². The highest BCUT2D eigenvalue weighted by molar-refractivity contribution is 5.79. The Kier molecular flexibility index (Phi) is 20.5. The van der Waals surface area contributed by atoms with E-state index in [0.717, 1.165) is 66.2 Å². The highest BCUT2D eigenvalue weighted by Crippen LogP contribution is 2.42. The normalized spacial score (nSPS) is 11.9. The van der Waals surface area contributed by atoms with Crippen LogP contribution < -0.4 is 28.9 Å². The largest absolute Gasteiger partial charge is 0.467 e. The van der Waals surface area contributed by atoms with Gasteiger partial charge in [-0.2, -0.15) is 0 Å². The predicted octanol–water partition coefficient (Wildman–Crippen LogP) is 22.0. The third kappa shape index (κ3) is 14.8. The number of anilines is 9. The number of aromatic nitrogens is 3. The molecule has 0 bridgehead atoms. The second kappa shape index (κ2) is 28.9. The standard InChI is InChI=1S/C53H57N5O3.C23H25N/c1-8-38-53(6,11-4)40-24-28-44(29-25-40)58(42-20-16-13-17-21-42)46-32-36-48(37-33-46)61-51-55-49(59-7)54-50(56-51)60-47-34-30-45(31-35-47)57(41-18-14-12-15-19-41)43-26-22-39(23-27-43)52(5,9-2)10-3;1-3-19(4-2)20-15-17-23(18-16-20)24(21-11-7-5-8-12-21)22-13-9-6-10-14-22/h12-37H,8-11,38H2,1-7H3;5-19H,3-4H2,1-2H3. The molecule has 1 aromatic heterocycles. The van der Waals surface area contributed by atoms with E-state index in [9.17, 15) is 0 Å². The Hall–Kier alpha value is -9.21. The second-order valence-corrected chi connectivity index (χ2v) is 22.1. The number of para-hydroxylation sites is 4. The van der Waals surface area contributed by atoms with Gasteiger partial charge in [0.2, 0.25) is 0 Å². The van der Waals surface area contributed by atoms with Crippen LogP contribution in [0, 0.1) is 0 Å². The SMILES string of the molecule is CCC(CC)c1ccc(N(c2ccccc2)c2ccccc2)cc1.CCCC(C)(CC)c1ccc(N(c2ccccc2)c2ccc(Oc3nc(OC)nc(Oc4ccc(N(c5ccccc5)c5ccc(C(C)(CC)CC)cc5)cc4)n3)cc2)cc1. The molecule has 10 aromatic rings. The topological polar surface area (TPSA) is 76.1 Å². The van der Waals surface area contributed by atoms with Gasteiger partial charge in [-0.25, -0.2) is 0 Å². The van der Waals surface area contributed by atoms with Crippen LogP contribution in [-0.2, 0) is 10.8 Å². The Balaban J connectivity index is 0.000000299. The molecule has 0 aliphatic heterocycles. The second-order valence-electron chi connectivity index (χ2n) is 22.1. The molecule has 0 aliphatic carbocycles. The summed E-state index contributed by atoms with van der Waals surface area (Å²) in [5.74, 6) is 1.76. The fraction of sp³-hybridized carbons (Fsp3) is 0.250. The summed E-state index contributed by atoms with van der Waals surface area (Å²) in [7, 11) is 1.50. The third-order valence-corrected chi connectivity index (χ3v) is 16.8. The van der Waals surface area contributed by atoms with Crippen LogP contribution in [0.25, 0.3) is 0 Å². The van der Waals surface area contributed by atoms with Crippen molar-refractivity contribution < 1.29 is 14.2 Å². The molecule has 9 nitrogen and oxygen atoms in total. The van der Waals surface area contributed by atoms with Crippen LogP contribution in [0.2, 0.25) is 0 Å². The van der Waals surface area contributed by atoms with Crippen LogP contribution in [0.5, 0.6) is 29.5 Å². The molecule has 0 spiro atoms. The Morgan fingerprint density at radius 2 is 0.624 bits per heavy atom. The molecule has 0 aliphatic rings. The third-order valence-electron chi connectivity index (χ3n) is 16.8. The van der Waals surface area contributed by atoms with Gasteiger partial charge in [0.05, 0.1) is 7.11 Å². The minimum atomic E-state index is 0.0495. The molecule has 85 heavy (non-hydrogen) atoms. The fourth-order valence-electron chi connectivity index (χ4n) is 11.1. The molecular weight excluding hydrogens is 1040 g/mol. The van der Waals surface area contributed by atoms with Crippen molar-refractivity contribution >= 4 is 51.2 Å². The zero-order valence-corrected chi connectivity index (χ0v) is 51.0. The van der Waals surface area contributed by atoms with E-state index in [0.29, 0.717) is 17.4 Å². The van der Waals surface area contributed by atoms with Gasteiger partial charge in [0.15, 0.2) is 0 Å². The van der Waals surface area contributed by atoms with Gasteiger partial charge in [0, 0.05) is 51.2 Å². The number of methoxy groups -OCH3 is 1. The van der Waals surface area contributed by atoms with Crippen LogP contribution in [0.4, 0.5) is 51.2 Å². The lowest BCUT2D eigenvalue weighted by Gasteiger charge is -2.30. The molecule has 9 aromatic carbocycles. The molecule has 0 saturated heterocycles. The van der Waals surface area contributed by atoms with Crippen LogP contribution in [0.15, 0.2) is 243 Å². The lowest BCUT2D eigenvalue weighted by Crippen LogP contribution is -2.20. The molecule has 10 rings (SSSR count). The number of hydrogen-bond donors (Lipinski definition) is 0. The van der Waals surface area contributed by atoms with Gasteiger partial charge in [-0.05, 0) is 205 Å². The average molecular weight is 1130 g/mol. The Morgan fingerprint density at radius 3 is 0.918 bits per heavy atom. The van der Waals surface area contributed by atoms with Gasteiger partial charge >= 0.3 is 18.0 Å². The minimum absolute atomic E-state index is 0.0495. The van der Waals surface area contributed by atoms with Crippen molar-refractivity contribution in [1.29, 1.82) is 0 Å². The molecule has 1 unspecified atom stereocenters. The summed E-state index contributed by atoms with van der Waals surface area (Å²) < 4.78 is 17.8. The van der Waals surface area contributed by atoms with E-state index in [1.807, 2.05) is 60.7 Å². The van der Waals surface area contributed by atoms with E-state index < -0.39 is 0 Å². The maximum absolute atomic E-state index is 6.18. The Bertz CT molecular complexity index is 3540. The summed E-state index contributed by atoms with van der Waals surface area (Å²) in [6.45, 7) is 18.3. The van der Waals surface area contributed by atoms with Crippen molar-refractivity contribution in [3.8, 4) is 29.5 Å². The zero-order chi connectivity index (χ0) is 59.6. The molecule has 0 fully saturated rings. The lowest BCUT2D eigenvalue weighted by molar-refractivity contribution is 0.336. The Labute approximate surface area is 505 Å². The highest BCUT2D eigenvalue weighted by atomic mass is 16.5. The van der Waals surface area contributed by atoms with E-state index >= 15 is 0 Å². The van der Waals surface area contributed by atoms with Crippen molar-refractivity contribution in [3.05, 3.63) is 259 Å². The van der Waals surface area contributed by atoms with Crippen molar-refractivity contribution in [2.24, 2.45) is 0 Å². The maximum atomic E-state index is 6.18. The highest BCUT2D eigenvalue weighted by Gasteiger charge is 2.25. The van der Waals surface area contributed by atoms with Crippen LogP contribution in [-0.4, -0.2) is 22.1 Å². The molecule has 0 saturated carbocycles. The molecule has 1 atom stereocenters. The van der Waals surface area contributed by atoms with Gasteiger partial charge in [-0.3, -0.25) is 0 Å². The van der Waals surface area contributed by atoms with E-state index in [2.05, 4.69) is 267 Å². The van der Waals surface area contributed by atoms with Gasteiger partial charge in [-0.1, -0.05) is 171 Å². The van der Waals surface area contributed by atoms with Gasteiger partial charge in [0.25, 0.3) is 0 Å². The number of nitrogens with zero attached hydrogens (tertiary/aromatic N) is 6. The summed E-state index contributed by atoms with van der Waals surface area (Å²) >= 11 is 0. The summed E-state index contributed by atoms with van der Waals surface area (Å²) in [6, 6.07) is 84.7. The van der Waals surface area contributed by atoms with Crippen LogP contribution in [0.3, 0.4) is 0 Å². The summed E-state index contributed by atoms with van der Waals surface area (Å²) in [5, 5.41) is 0. The molecule has 0 amide bonds. The number of rotatable bonds is 24. The Morgan fingerprint density at radius 1 is 0.341 bits per heavy atom. The first kappa shape index (κ1) is 60.4. The molecule has 9 heteroatoms. The smallest absolute Gasteiger partial charge is 0.331 e. The van der Waals surface area contributed by atoms with Crippen molar-refractivity contribution in [2.75, 3.05) is 21.8 Å². The molecule has 0 N–H and O–H groups in total. The van der Waals surface area contributed by atoms with Gasteiger partial charge in [0.1, 0.15) is 11.5 Å². The fourth-order valence-corrected chi connectivity index (χ4v) is 11.1. The molecule has 1 heterocycles. The molecular formula is C76H82N6O3. The summed E-state index contributed by atoms with van der Waals surface area (Å²) in [4.78, 5) is 20.0. The summed E-state index contributed by atoms with van der Waals surface area (Å²) in [5.41, 5.74) is 14.2. The number of benzene rings is 9. The van der Waals surface area contributed by atoms with Crippen molar-refractivity contribution in [2.45, 2.75) is 117 Å². The monoisotopic (exact) mass is 1130 g/mol. The van der Waals surface area contributed by atoms with Gasteiger partial charge in [-0.15, -0.1) is 15.0 Å². The predicted molar refractivity (Wildman–Crippen MR) is 354 cm³/mol. The first-order chi connectivity index (χ1) is 41.5. The zero-order valence-electron chi connectivity index (χ0n) is 51.0. The van der Waals surface area contributed by atoms with Crippen LogP contribution in [0.1, 0.15) is 123 Å². The minimum Gasteiger partial charge on any atom is -0.467 e. The first-order valence-electron chi connectivity index (χ1n) is 30.3. The molecule has 0 radical (unpaired) electrons. The lowest BCUT2D eigenvalue weighted by atomic mass is 9.76. The van der Waals surface area contributed by atoms with E-state index in [1.54, 1.807) is 0 Å². The van der Waals surface area contributed by atoms with E-state index in [4.69, 9.17) is 14.2 Å². The maximum Gasteiger partial charge on any atom is 0.331 e. The first-order valence-corrected chi connectivity index (χ1v) is 30.3. The van der Waals surface area contributed by atoms with E-state index in [1.165, 1.54) is 53.7 Å². The van der Waals surface area contributed by atoms with Crippen molar-refractivity contribution in [3.63, 3.8) is 0 Å². The number of hydrogen-bond acceptors (Lipinski definition) is 9. The number of ether oxygens (including phenoxy) is 3. The van der Waals surface area contributed by atoms with Gasteiger partial charge < -0.3 is 28.9 Å². The van der Waals surface area contributed by atoms with Crippen LogP contribution >= 0.6 is 0 Å². The van der Waals surface area contributed by atoms with Crippen molar-refractivity contribution in [1.82, 2.24) is 15.0 Å². The average Bonchev–Trinajstić information content (AvgIpc) is 3.71. The molecule has 434 valence electrons. The summed E-state index contributed by atoms with van der Waals surface area (Å²) in [6.07, 6.45) is 7.96. The quantitative estimate of drug-likeness (QED) is 0.0588.